The zero-order valence-corrected chi connectivity index (χ0v) is 23.3. The number of aliphatic hydroxyl groups excluding tert-OH is 1. The minimum Gasteiger partial charge on any atom is -0.469 e. The zero-order chi connectivity index (χ0) is 30.3. The molecule has 220 valence electrons. The van der Waals surface area contributed by atoms with Crippen molar-refractivity contribution in [1.29, 1.82) is 0 Å². The van der Waals surface area contributed by atoms with E-state index in [-0.39, 0.29) is 13.0 Å². The minimum atomic E-state index is -1.42. The number of benzene rings is 2. The molecule has 12 nitrogen and oxygen atoms in total. The molecular weight excluding hydrogens is 552 g/mol. The van der Waals surface area contributed by atoms with Crippen molar-refractivity contribution >= 4 is 41.6 Å². The van der Waals surface area contributed by atoms with Crippen LogP contribution in [0.2, 0.25) is 0 Å². The van der Waals surface area contributed by atoms with E-state index < -0.39 is 48.7 Å². The summed E-state index contributed by atoms with van der Waals surface area (Å²) in [5, 5.41) is 8.84. The topological polar surface area (TPSA) is 161 Å². The predicted molar refractivity (Wildman–Crippen MR) is 141 cm³/mol. The molecule has 0 heterocycles. The molecule has 0 aliphatic carbocycles. The van der Waals surface area contributed by atoms with Crippen LogP contribution in [0.1, 0.15) is 24.0 Å². The van der Waals surface area contributed by atoms with Crippen molar-refractivity contribution in [2.24, 2.45) is 0 Å². The molecule has 2 rings (SSSR count). The second-order valence-corrected chi connectivity index (χ2v) is 7.64. The molecule has 0 saturated heterocycles. The summed E-state index contributed by atoms with van der Waals surface area (Å²) >= 11 is 5.53. The van der Waals surface area contributed by atoms with Gasteiger partial charge in [-0.15, -0.1) is 11.6 Å². The molecule has 1 N–H and O–H groups in total. The molecule has 0 bridgehead atoms. The summed E-state index contributed by atoms with van der Waals surface area (Å²) in [7, 11) is 4.57. The molecule has 2 aromatic carbocycles. The third kappa shape index (κ3) is 16.6. The standard InChI is InChI=1S/C14H16O7.C7H7Cl.C6H10O5/c1-18-12(15)8-11(13(16)19-2)21-14(17)20-9-10-6-4-3-5-7-10;8-6-7-4-2-1-3-5-7;1-10-5(8)3-4(7)6(9)11-2/h3-7,11H,8-9H2,1-2H3;1-5H,6H2;4,7H,3H2,1-2H3/t11-;;4-/m0.0/s1. The van der Waals surface area contributed by atoms with Gasteiger partial charge in [0.1, 0.15) is 6.61 Å². The van der Waals surface area contributed by atoms with Gasteiger partial charge in [0.25, 0.3) is 0 Å². The average Bonchev–Trinajstić information content (AvgIpc) is 3.00. The molecule has 0 aliphatic heterocycles. The predicted octanol–water partition coefficient (Wildman–Crippen LogP) is 2.95. The van der Waals surface area contributed by atoms with E-state index in [1.165, 1.54) is 12.7 Å². The second-order valence-electron chi connectivity index (χ2n) is 7.37. The molecule has 0 unspecified atom stereocenters. The van der Waals surface area contributed by atoms with E-state index in [4.69, 9.17) is 26.2 Å². The summed E-state index contributed by atoms with van der Waals surface area (Å²) in [6.07, 6.45) is -4.71. The quantitative estimate of drug-likeness (QED) is 0.247. The van der Waals surface area contributed by atoms with Crippen molar-refractivity contribution in [2.45, 2.75) is 37.5 Å². The normalized spacial score (nSPS) is 10.9. The maximum absolute atomic E-state index is 11.5. The zero-order valence-electron chi connectivity index (χ0n) is 22.6. The van der Waals surface area contributed by atoms with Gasteiger partial charge in [0.15, 0.2) is 6.10 Å². The summed E-state index contributed by atoms with van der Waals surface area (Å²) in [6.45, 7) is -0.00814. The molecule has 0 radical (unpaired) electrons. The van der Waals surface area contributed by atoms with Crippen LogP contribution in [0.5, 0.6) is 0 Å². The summed E-state index contributed by atoms with van der Waals surface area (Å²) in [5.74, 6) is -2.45. The van der Waals surface area contributed by atoms with Crippen molar-refractivity contribution in [1.82, 2.24) is 0 Å². The van der Waals surface area contributed by atoms with E-state index in [2.05, 4.69) is 18.9 Å². The van der Waals surface area contributed by atoms with Gasteiger partial charge in [0.2, 0.25) is 6.10 Å². The molecule has 0 saturated carbocycles. The fourth-order valence-electron chi connectivity index (χ4n) is 2.43. The van der Waals surface area contributed by atoms with E-state index >= 15 is 0 Å². The fourth-order valence-corrected chi connectivity index (χ4v) is 2.61. The fraction of sp³-hybridized carbons (Fsp3) is 0.370. The molecule has 0 aliphatic rings. The van der Waals surface area contributed by atoms with Gasteiger partial charge in [0.05, 0.1) is 41.3 Å². The summed E-state index contributed by atoms with van der Waals surface area (Å²) in [6, 6.07) is 18.9. The summed E-state index contributed by atoms with van der Waals surface area (Å²) in [4.78, 5) is 55.0. The number of hydrogen-bond donors (Lipinski definition) is 1. The number of halogens is 1. The highest BCUT2D eigenvalue weighted by molar-refractivity contribution is 6.17. The Balaban J connectivity index is 0.000000663. The number of carbonyl (C=O) groups is 5. The number of ether oxygens (including phenoxy) is 6. The number of carbonyl (C=O) groups excluding carboxylic acids is 5. The molecule has 0 amide bonds. The lowest BCUT2D eigenvalue weighted by Gasteiger charge is -2.14. The number of alkyl halides is 1. The van der Waals surface area contributed by atoms with Gasteiger partial charge >= 0.3 is 30.0 Å². The first-order valence-electron chi connectivity index (χ1n) is 11.6. The molecule has 2 atom stereocenters. The average molecular weight is 585 g/mol. The van der Waals surface area contributed by atoms with Crippen LogP contribution in [0, 0.1) is 0 Å². The van der Waals surface area contributed by atoms with E-state index in [1.807, 2.05) is 36.4 Å². The van der Waals surface area contributed by atoms with E-state index in [0.29, 0.717) is 5.88 Å². The first kappa shape index (κ1) is 35.8. The van der Waals surface area contributed by atoms with Crippen molar-refractivity contribution in [3.8, 4) is 0 Å². The molecule has 0 aromatic heterocycles. The van der Waals surface area contributed by atoms with Crippen LogP contribution in [-0.2, 0) is 60.1 Å². The Morgan fingerprint density at radius 2 is 1.18 bits per heavy atom. The second kappa shape index (κ2) is 21.7. The lowest BCUT2D eigenvalue weighted by Crippen LogP contribution is -2.31. The Bertz CT molecular complexity index is 1030. The monoisotopic (exact) mass is 584 g/mol. The molecule has 13 heteroatoms. The molecular formula is C27H33ClO12. The van der Waals surface area contributed by atoms with Crippen molar-refractivity contribution in [2.75, 3.05) is 28.4 Å². The lowest BCUT2D eigenvalue weighted by atomic mass is 10.2. The van der Waals surface area contributed by atoms with Gasteiger partial charge < -0.3 is 33.5 Å². The van der Waals surface area contributed by atoms with Gasteiger partial charge in [-0.2, -0.15) is 0 Å². The van der Waals surface area contributed by atoms with Crippen molar-refractivity contribution in [3.63, 3.8) is 0 Å². The number of aliphatic hydroxyl groups is 1. The van der Waals surface area contributed by atoms with Crippen LogP contribution in [0.15, 0.2) is 60.7 Å². The smallest absolute Gasteiger partial charge is 0.469 e. The number of esters is 4. The maximum atomic E-state index is 11.5. The van der Waals surface area contributed by atoms with Crippen LogP contribution in [0.4, 0.5) is 4.79 Å². The Kier molecular flexibility index (Phi) is 19.5. The Labute approximate surface area is 237 Å². The lowest BCUT2D eigenvalue weighted by molar-refractivity contribution is -0.158. The van der Waals surface area contributed by atoms with Gasteiger partial charge in [-0.1, -0.05) is 60.7 Å². The highest BCUT2D eigenvalue weighted by Crippen LogP contribution is 2.07. The van der Waals surface area contributed by atoms with Crippen LogP contribution >= 0.6 is 11.6 Å². The van der Waals surface area contributed by atoms with Crippen LogP contribution < -0.4 is 0 Å². The summed E-state index contributed by atoms with van der Waals surface area (Å²) in [5.41, 5.74) is 1.94. The highest BCUT2D eigenvalue weighted by atomic mass is 35.5. The van der Waals surface area contributed by atoms with Crippen molar-refractivity contribution < 1.29 is 57.5 Å². The van der Waals surface area contributed by atoms with Gasteiger partial charge in [-0.05, 0) is 11.1 Å². The maximum Gasteiger partial charge on any atom is 0.509 e. The van der Waals surface area contributed by atoms with Gasteiger partial charge in [-0.25, -0.2) is 14.4 Å². The first-order valence-corrected chi connectivity index (χ1v) is 12.1. The largest absolute Gasteiger partial charge is 0.509 e. The Morgan fingerprint density at radius 3 is 1.60 bits per heavy atom. The summed E-state index contributed by atoms with van der Waals surface area (Å²) < 4.78 is 26.8. The molecule has 0 spiro atoms. The van der Waals surface area contributed by atoms with E-state index in [0.717, 1.165) is 26.9 Å². The van der Waals surface area contributed by atoms with Crippen LogP contribution in [0.25, 0.3) is 0 Å². The molecule has 0 fully saturated rings. The third-order valence-electron chi connectivity index (χ3n) is 4.54. The van der Waals surface area contributed by atoms with Crippen molar-refractivity contribution in [3.05, 3.63) is 71.8 Å². The number of methoxy groups -OCH3 is 4. The van der Waals surface area contributed by atoms with Crippen LogP contribution in [0.3, 0.4) is 0 Å². The SMILES string of the molecule is COC(=O)C[C@H](O)C(=O)OC.COC(=O)C[C@H](OC(=O)OCc1ccccc1)C(=O)OC.ClCc1ccccc1. The first-order chi connectivity index (χ1) is 19.1. The molecule has 2 aromatic rings. The number of rotatable bonds is 10. The highest BCUT2D eigenvalue weighted by Gasteiger charge is 2.28. The van der Waals surface area contributed by atoms with Crippen LogP contribution in [-0.4, -0.2) is 75.8 Å². The number of hydrogen-bond acceptors (Lipinski definition) is 12. The van der Waals surface area contributed by atoms with E-state index in [1.54, 1.807) is 24.3 Å². The van der Waals surface area contributed by atoms with Gasteiger partial charge in [-0.3, -0.25) is 9.59 Å². The minimum absolute atomic E-state index is 0.00814. The molecule has 40 heavy (non-hydrogen) atoms. The van der Waals surface area contributed by atoms with Gasteiger partial charge in [0, 0.05) is 5.88 Å². The Morgan fingerprint density at radius 1 is 0.700 bits per heavy atom. The van der Waals surface area contributed by atoms with E-state index in [9.17, 15) is 24.0 Å². The Hall–Kier alpha value is -4.16. The third-order valence-corrected chi connectivity index (χ3v) is 4.85.